The molecule has 0 aliphatic carbocycles. The summed E-state index contributed by atoms with van der Waals surface area (Å²) in [6, 6.07) is 17.1. The van der Waals surface area contributed by atoms with Crippen LogP contribution in [0.2, 0.25) is 5.02 Å². The minimum atomic E-state index is -3.49. The molecule has 1 aliphatic heterocycles. The highest BCUT2D eigenvalue weighted by Gasteiger charge is 2.27. The van der Waals surface area contributed by atoms with Crippen molar-refractivity contribution >= 4 is 27.5 Å². The lowest BCUT2D eigenvalue weighted by Gasteiger charge is -2.17. The van der Waals surface area contributed by atoms with Crippen LogP contribution in [-0.2, 0) is 16.6 Å². The lowest BCUT2D eigenvalue weighted by atomic mass is 10.2. The molecule has 6 nitrogen and oxygen atoms in total. The first-order valence-electron chi connectivity index (χ1n) is 10.0. The summed E-state index contributed by atoms with van der Waals surface area (Å²) in [7, 11) is -1.81. The van der Waals surface area contributed by atoms with Crippen LogP contribution in [0, 0.1) is 0 Å². The topological polar surface area (TPSA) is 70.8 Å². The summed E-state index contributed by atoms with van der Waals surface area (Å²) >= 11 is 5.92. The number of furan rings is 1. The Kier molecular flexibility index (Phi) is 6.18. The van der Waals surface area contributed by atoms with Crippen molar-refractivity contribution in [1.29, 1.82) is 0 Å². The normalized spacial score (nSPS) is 14.6. The number of rotatable bonds is 6. The third-order valence-corrected chi connectivity index (χ3v) is 7.50. The van der Waals surface area contributed by atoms with Crippen LogP contribution in [0.1, 0.15) is 29.0 Å². The Hall–Kier alpha value is -2.61. The number of carbonyl (C=O) groups excluding carboxylic acids is 1. The molecule has 1 aromatic heterocycles. The minimum absolute atomic E-state index is 0.213. The number of hydrogen-bond donors (Lipinski definition) is 0. The van der Waals surface area contributed by atoms with Crippen LogP contribution < -0.4 is 0 Å². The fraction of sp³-hybridized carbons (Fsp3) is 0.261. The molecule has 2 heterocycles. The predicted octanol–water partition coefficient (Wildman–Crippen LogP) is 4.66. The van der Waals surface area contributed by atoms with E-state index < -0.39 is 10.0 Å². The van der Waals surface area contributed by atoms with Gasteiger partial charge >= 0.3 is 0 Å². The Morgan fingerprint density at radius 1 is 1.00 bits per heavy atom. The molecule has 1 amide bonds. The Bertz CT molecular complexity index is 1170. The molecule has 4 rings (SSSR count). The second-order valence-electron chi connectivity index (χ2n) is 7.57. The van der Waals surface area contributed by atoms with Gasteiger partial charge in [-0.15, -0.1) is 0 Å². The molecule has 31 heavy (non-hydrogen) atoms. The molecule has 0 radical (unpaired) electrons. The maximum Gasteiger partial charge on any atom is 0.254 e. The molecule has 1 aliphatic rings. The van der Waals surface area contributed by atoms with Gasteiger partial charge in [0.15, 0.2) is 0 Å². The molecular weight excluding hydrogens is 436 g/mol. The third kappa shape index (κ3) is 4.69. The maximum absolute atomic E-state index is 12.8. The van der Waals surface area contributed by atoms with Crippen molar-refractivity contribution < 1.29 is 17.6 Å². The fourth-order valence-electron chi connectivity index (χ4n) is 3.61. The molecule has 0 atom stereocenters. The van der Waals surface area contributed by atoms with Crippen LogP contribution in [0.4, 0.5) is 0 Å². The second-order valence-corrected chi connectivity index (χ2v) is 9.94. The average Bonchev–Trinajstić information content (AvgIpc) is 3.47. The smallest absolute Gasteiger partial charge is 0.254 e. The fourth-order valence-corrected chi connectivity index (χ4v) is 5.25. The van der Waals surface area contributed by atoms with E-state index in [4.69, 9.17) is 16.0 Å². The molecule has 1 saturated heterocycles. The molecule has 0 saturated carbocycles. The molecule has 0 unspecified atom stereocenters. The lowest BCUT2D eigenvalue weighted by molar-refractivity contribution is 0.0775. The van der Waals surface area contributed by atoms with Gasteiger partial charge in [-0.3, -0.25) is 4.79 Å². The van der Waals surface area contributed by atoms with Gasteiger partial charge in [-0.25, -0.2) is 8.42 Å². The van der Waals surface area contributed by atoms with Gasteiger partial charge in [-0.05, 0) is 73.5 Å². The van der Waals surface area contributed by atoms with E-state index in [-0.39, 0.29) is 10.8 Å². The van der Waals surface area contributed by atoms with Gasteiger partial charge < -0.3 is 9.32 Å². The van der Waals surface area contributed by atoms with Crippen LogP contribution in [0.25, 0.3) is 11.3 Å². The molecule has 8 heteroatoms. The number of halogens is 1. The van der Waals surface area contributed by atoms with Crippen molar-refractivity contribution in [2.24, 2.45) is 0 Å². The standard InChI is InChI=1S/C23H23ClN2O4S/c1-25(16-20-10-13-22(30-20)17-4-8-19(24)9-5-17)23(27)18-6-11-21(12-7-18)31(28,29)26-14-2-3-15-26/h4-13H,2-3,14-16H2,1H3. The van der Waals surface area contributed by atoms with E-state index in [2.05, 4.69) is 0 Å². The van der Waals surface area contributed by atoms with Crippen molar-refractivity contribution in [3.8, 4) is 11.3 Å². The SMILES string of the molecule is CN(Cc1ccc(-c2ccc(Cl)cc2)o1)C(=O)c1ccc(S(=O)(=O)N2CCCC2)cc1. The van der Waals surface area contributed by atoms with E-state index in [1.54, 1.807) is 31.3 Å². The Balaban J connectivity index is 1.43. The first-order chi connectivity index (χ1) is 14.8. The molecule has 0 N–H and O–H groups in total. The lowest BCUT2D eigenvalue weighted by Crippen LogP contribution is -2.28. The van der Waals surface area contributed by atoms with Crippen LogP contribution >= 0.6 is 11.6 Å². The van der Waals surface area contributed by atoms with E-state index in [0.717, 1.165) is 18.4 Å². The minimum Gasteiger partial charge on any atom is -0.459 e. The molecule has 2 aromatic carbocycles. The number of benzene rings is 2. The van der Waals surface area contributed by atoms with Gasteiger partial charge in [0.1, 0.15) is 11.5 Å². The molecule has 0 spiro atoms. The van der Waals surface area contributed by atoms with Crippen molar-refractivity contribution in [2.45, 2.75) is 24.3 Å². The second kappa shape index (κ2) is 8.86. The summed E-state index contributed by atoms with van der Waals surface area (Å²) in [5, 5.41) is 0.653. The molecule has 3 aromatic rings. The first kappa shape index (κ1) is 21.6. The molecule has 1 fully saturated rings. The van der Waals surface area contributed by atoms with Crippen LogP contribution in [-0.4, -0.2) is 43.7 Å². The van der Waals surface area contributed by atoms with E-state index in [9.17, 15) is 13.2 Å². The van der Waals surface area contributed by atoms with Gasteiger partial charge in [-0.2, -0.15) is 4.31 Å². The van der Waals surface area contributed by atoms with Crippen molar-refractivity contribution in [1.82, 2.24) is 9.21 Å². The van der Waals surface area contributed by atoms with E-state index in [1.807, 2.05) is 24.3 Å². The van der Waals surface area contributed by atoms with Gasteiger partial charge in [-0.1, -0.05) is 11.6 Å². The van der Waals surface area contributed by atoms with Gasteiger partial charge in [0.25, 0.3) is 5.91 Å². The zero-order valence-electron chi connectivity index (χ0n) is 17.1. The number of nitrogens with zero attached hydrogens (tertiary/aromatic N) is 2. The zero-order chi connectivity index (χ0) is 22.0. The average molecular weight is 459 g/mol. The highest BCUT2D eigenvalue weighted by Crippen LogP contribution is 2.25. The zero-order valence-corrected chi connectivity index (χ0v) is 18.7. The quantitative estimate of drug-likeness (QED) is 0.538. The summed E-state index contributed by atoms with van der Waals surface area (Å²) in [5.41, 5.74) is 1.33. The molecular formula is C23H23ClN2O4S. The largest absolute Gasteiger partial charge is 0.459 e. The van der Waals surface area contributed by atoms with Gasteiger partial charge in [0.05, 0.1) is 11.4 Å². The Morgan fingerprint density at radius 2 is 1.65 bits per heavy atom. The molecule has 162 valence electrons. The summed E-state index contributed by atoms with van der Waals surface area (Å²) < 4.78 is 32.6. The number of hydrogen-bond acceptors (Lipinski definition) is 4. The monoisotopic (exact) mass is 458 g/mol. The maximum atomic E-state index is 12.8. The van der Waals surface area contributed by atoms with E-state index in [1.165, 1.54) is 21.3 Å². The van der Waals surface area contributed by atoms with Crippen LogP contribution in [0.15, 0.2) is 70.0 Å². The van der Waals surface area contributed by atoms with E-state index in [0.29, 0.717) is 41.7 Å². The summed E-state index contributed by atoms with van der Waals surface area (Å²) in [4.78, 5) is 14.5. The third-order valence-electron chi connectivity index (χ3n) is 5.33. The highest BCUT2D eigenvalue weighted by atomic mass is 35.5. The van der Waals surface area contributed by atoms with Crippen LogP contribution in [0.5, 0.6) is 0 Å². The first-order valence-corrected chi connectivity index (χ1v) is 11.9. The van der Waals surface area contributed by atoms with E-state index >= 15 is 0 Å². The van der Waals surface area contributed by atoms with Crippen molar-refractivity contribution in [3.05, 3.63) is 77.0 Å². The Labute approximate surface area is 187 Å². The highest BCUT2D eigenvalue weighted by molar-refractivity contribution is 7.89. The van der Waals surface area contributed by atoms with Crippen molar-refractivity contribution in [2.75, 3.05) is 20.1 Å². The number of sulfonamides is 1. The van der Waals surface area contributed by atoms with Crippen molar-refractivity contribution in [3.63, 3.8) is 0 Å². The predicted molar refractivity (Wildman–Crippen MR) is 119 cm³/mol. The summed E-state index contributed by atoms with van der Waals surface area (Å²) in [5.74, 6) is 1.13. The number of amides is 1. The molecule has 0 bridgehead atoms. The summed E-state index contributed by atoms with van der Waals surface area (Å²) in [6.07, 6.45) is 1.76. The summed E-state index contributed by atoms with van der Waals surface area (Å²) in [6.45, 7) is 1.39. The van der Waals surface area contributed by atoms with Crippen LogP contribution in [0.3, 0.4) is 0 Å². The van der Waals surface area contributed by atoms with Gasteiger partial charge in [0, 0.05) is 36.3 Å². The number of carbonyl (C=O) groups is 1. The Morgan fingerprint density at radius 3 is 2.29 bits per heavy atom. The van der Waals surface area contributed by atoms with Gasteiger partial charge in [0.2, 0.25) is 10.0 Å².